The monoisotopic (exact) mass is 540 g/mol. The van der Waals surface area contributed by atoms with Crippen LogP contribution in [0.3, 0.4) is 0 Å². The van der Waals surface area contributed by atoms with Crippen LogP contribution in [0, 0.1) is 0 Å². The van der Waals surface area contributed by atoms with Crippen molar-refractivity contribution >= 4 is 11.9 Å². The van der Waals surface area contributed by atoms with Crippen LogP contribution in [-0.2, 0) is 25.7 Å². The van der Waals surface area contributed by atoms with E-state index in [1.165, 1.54) is 30.3 Å². The molecule has 5 atom stereocenters. The number of ether oxygens (including phenoxy) is 2. The molecule has 4 aromatic rings. The zero-order valence-corrected chi connectivity index (χ0v) is 21.3. The van der Waals surface area contributed by atoms with Crippen molar-refractivity contribution in [1.29, 1.82) is 0 Å². The van der Waals surface area contributed by atoms with Crippen LogP contribution in [0.2, 0.25) is 0 Å². The van der Waals surface area contributed by atoms with Crippen LogP contribution in [0.15, 0.2) is 109 Å². The molecular weight excluding hydrogens is 517 g/mol. The fourth-order valence-electron chi connectivity index (χ4n) is 7.87. The fraction of sp³-hybridized carbons (Fsp3) is 0.212. The van der Waals surface area contributed by atoms with Crippen LogP contribution in [0.25, 0.3) is 0 Å². The minimum Gasteiger partial charge on any atom is -0.454 e. The Kier molecular flexibility index (Phi) is 4.97. The van der Waals surface area contributed by atoms with Crippen LogP contribution >= 0.6 is 0 Å². The lowest BCUT2D eigenvalue weighted by Crippen LogP contribution is -2.75. The van der Waals surface area contributed by atoms with Gasteiger partial charge in [0, 0.05) is 5.41 Å². The largest absolute Gasteiger partial charge is 0.454 e. The number of alkyl halides is 3. The molecule has 3 aliphatic carbocycles. The van der Waals surface area contributed by atoms with Gasteiger partial charge in [-0.3, -0.25) is 0 Å². The zero-order chi connectivity index (χ0) is 27.9. The van der Waals surface area contributed by atoms with Gasteiger partial charge in [0.1, 0.15) is 5.41 Å². The van der Waals surface area contributed by atoms with E-state index >= 15 is 13.2 Å². The highest BCUT2D eigenvalue weighted by atomic mass is 19.4. The van der Waals surface area contributed by atoms with Crippen molar-refractivity contribution in [2.24, 2.45) is 0 Å². The number of esters is 2. The van der Waals surface area contributed by atoms with Gasteiger partial charge in [-0.25, -0.2) is 9.59 Å². The molecule has 0 aliphatic heterocycles. The van der Waals surface area contributed by atoms with Gasteiger partial charge in [0.05, 0.1) is 16.5 Å². The molecule has 40 heavy (non-hydrogen) atoms. The predicted molar refractivity (Wildman–Crippen MR) is 140 cm³/mol. The van der Waals surface area contributed by atoms with Gasteiger partial charge in [0.25, 0.3) is 0 Å². The minimum atomic E-state index is -4.86. The third kappa shape index (κ3) is 2.63. The minimum absolute atomic E-state index is 0.0346. The summed E-state index contributed by atoms with van der Waals surface area (Å²) in [6.07, 6.45) is -8.14. The van der Waals surface area contributed by atoms with E-state index in [-0.39, 0.29) is 16.7 Å². The summed E-state index contributed by atoms with van der Waals surface area (Å²) in [6, 6.07) is 29.3. The molecule has 0 amide bonds. The Morgan fingerprint density at radius 2 is 1.00 bits per heavy atom. The van der Waals surface area contributed by atoms with E-state index in [9.17, 15) is 9.59 Å². The predicted octanol–water partition coefficient (Wildman–Crippen LogP) is 6.52. The van der Waals surface area contributed by atoms with Gasteiger partial charge < -0.3 is 9.47 Å². The number of halogens is 3. The molecule has 0 radical (unpaired) electrons. The summed E-state index contributed by atoms with van der Waals surface area (Å²) in [5.74, 6) is -1.70. The zero-order valence-electron chi connectivity index (χ0n) is 21.3. The van der Waals surface area contributed by atoms with Crippen molar-refractivity contribution in [3.8, 4) is 0 Å². The van der Waals surface area contributed by atoms with Crippen molar-refractivity contribution in [1.82, 2.24) is 0 Å². The van der Waals surface area contributed by atoms with E-state index in [0.717, 1.165) is 0 Å². The second kappa shape index (κ2) is 8.07. The molecular formula is C33H23F3O4. The Bertz CT molecular complexity index is 1670. The average Bonchev–Trinajstić information content (AvgIpc) is 3.08. The van der Waals surface area contributed by atoms with Crippen LogP contribution in [-0.4, -0.2) is 30.3 Å². The molecule has 7 rings (SSSR count). The number of fused-ring (bicyclic) bond motifs is 4. The smallest absolute Gasteiger partial charge is 0.403 e. The normalized spacial score (nSPS) is 29.0. The maximum absolute atomic E-state index is 15.8. The highest BCUT2D eigenvalue weighted by Crippen LogP contribution is 2.84. The number of hydrogen-bond donors (Lipinski definition) is 0. The summed E-state index contributed by atoms with van der Waals surface area (Å²) in [4.78, 5) is 26.9. The standard InChI is InChI=1S/C33H23F3O4/c1-30-22-16-8-9-17-23(22)31(30)24-18-10-11-19-25(24)32(31,33(34,35)36)27(40-29(38)21-14-6-3-7-15-21)26(30)39-28(37)20-12-4-2-5-13-20/h2-19,26-27H,1H3/t26?,27?,30-,31+,32?/m0/s1. The van der Waals surface area contributed by atoms with Gasteiger partial charge >= 0.3 is 18.1 Å². The van der Waals surface area contributed by atoms with Crippen molar-refractivity contribution < 1.29 is 32.2 Å². The molecule has 1 saturated carbocycles. The maximum Gasteiger partial charge on any atom is 0.403 e. The molecule has 0 N–H and O–H groups in total. The number of rotatable bonds is 4. The van der Waals surface area contributed by atoms with E-state index in [1.807, 2.05) is 0 Å². The van der Waals surface area contributed by atoms with Gasteiger partial charge in [-0.1, -0.05) is 91.9 Å². The molecule has 200 valence electrons. The van der Waals surface area contributed by atoms with Crippen molar-refractivity contribution in [2.45, 2.75) is 41.6 Å². The van der Waals surface area contributed by atoms with Crippen molar-refractivity contribution in [3.05, 3.63) is 143 Å². The first kappa shape index (κ1) is 24.6. The van der Waals surface area contributed by atoms with E-state index < -0.39 is 46.6 Å². The van der Waals surface area contributed by atoms with E-state index in [4.69, 9.17) is 9.47 Å². The molecule has 1 fully saturated rings. The average molecular weight is 541 g/mol. The lowest BCUT2D eigenvalue weighted by atomic mass is 9.32. The third-order valence-electron chi connectivity index (χ3n) is 9.22. The molecule has 3 aliphatic rings. The summed E-state index contributed by atoms with van der Waals surface area (Å²) >= 11 is 0. The summed E-state index contributed by atoms with van der Waals surface area (Å²) in [5, 5.41) is 0. The van der Waals surface area contributed by atoms with E-state index in [1.54, 1.807) is 85.8 Å². The van der Waals surface area contributed by atoms with Crippen molar-refractivity contribution in [3.63, 3.8) is 0 Å². The quantitative estimate of drug-likeness (QED) is 0.277. The first-order valence-electron chi connectivity index (χ1n) is 13.0. The third-order valence-corrected chi connectivity index (χ3v) is 9.22. The van der Waals surface area contributed by atoms with Crippen molar-refractivity contribution in [2.75, 3.05) is 0 Å². The lowest BCUT2D eigenvalue weighted by Gasteiger charge is -2.68. The molecule has 1 spiro atoms. The van der Waals surface area contributed by atoms with Gasteiger partial charge in [-0.15, -0.1) is 0 Å². The SMILES string of the molecule is C[C@@]12c3ccccc3[C@@]13c1ccccc1C3(C(F)(F)F)C(OC(=O)c1ccccc1)C2OC(=O)c1ccccc1. The molecule has 4 nitrogen and oxygen atoms in total. The number of carbonyl (C=O) groups excluding carboxylic acids is 2. The number of hydrogen-bond acceptors (Lipinski definition) is 4. The first-order valence-corrected chi connectivity index (χ1v) is 13.0. The number of carbonyl (C=O) groups is 2. The summed E-state index contributed by atoms with van der Waals surface area (Å²) < 4.78 is 59.5. The van der Waals surface area contributed by atoms with Gasteiger partial charge in [-0.2, -0.15) is 13.2 Å². The first-order chi connectivity index (χ1) is 19.2. The highest BCUT2D eigenvalue weighted by Gasteiger charge is 2.95. The molecule has 0 heterocycles. The van der Waals surface area contributed by atoms with Gasteiger partial charge in [-0.05, 0) is 46.5 Å². The Morgan fingerprint density at radius 3 is 1.50 bits per heavy atom. The number of benzene rings is 4. The fourth-order valence-corrected chi connectivity index (χ4v) is 7.87. The Hall–Kier alpha value is -4.39. The summed E-state index contributed by atoms with van der Waals surface area (Å²) in [5.41, 5.74) is -3.59. The van der Waals surface area contributed by atoms with Crippen LogP contribution in [0.5, 0.6) is 0 Å². The molecule has 0 bridgehead atoms. The molecule has 3 unspecified atom stereocenters. The lowest BCUT2D eigenvalue weighted by molar-refractivity contribution is -0.241. The Labute approximate surface area is 228 Å². The second-order valence-corrected chi connectivity index (χ2v) is 10.7. The molecule has 7 heteroatoms. The van der Waals surface area contributed by atoms with E-state index in [2.05, 4.69) is 0 Å². The topological polar surface area (TPSA) is 52.6 Å². The molecule has 0 aromatic heterocycles. The molecule has 4 aromatic carbocycles. The summed E-state index contributed by atoms with van der Waals surface area (Å²) in [6.45, 7) is 1.70. The Morgan fingerprint density at radius 1 is 0.600 bits per heavy atom. The second-order valence-electron chi connectivity index (χ2n) is 10.7. The maximum atomic E-state index is 15.8. The van der Waals surface area contributed by atoms with Crippen LogP contribution < -0.4 is 0 Å². The van der Waals surface area contributed by atoms with Gasteiger partial charge in [0.2, 0.25) is 0 Å². The van der Waals surface area contributed by atoms with E-state index in [0.29, 0.717) is 16.7 Å². The van der Waals surface area contributed by atoms with Crippen LogP contribution in [0.1, 0.15) is 49.9 Å². The highest BCUT2D eigenvalue weighted by molar-refractivity contribution is 5.92. The van der Waals surface area contributed by atoms with Crippen LogP contribution in [0.4, 0.5) is 13.2 Å². The summed E-state index contributed by atoms with van der Waals surface area (Å²) in [7, 11) is 0. The Balaban J connectivity index is 1.49. The van der Waals surface area contributed by atoms with Gasteiger partial charge in [0.15, 0.2) is 12.2 Å². The molecule has 0 saturated heterocycles.